The third-order valence-corrected chi connectivity index (χ3v) is 4.95. The van der Waals surface area contributed by atoms with Gasteiger partial charge < -0.3 is 14.8 Å². The van der Waals surface area contributed by atoms with Crippen molar-refractivity contribution in [2.24, 2.45) is 5.92 Å². The average molecular weight is 298 g/mol. The first-order valence-corrected chi connectivity index (χ1v) is 8.37. The third-order valence-electron chi connectivity index (χ3n) is 4.95. The van der Waals surface area contributed by atoms with Gasteiger partial charge in [-0.2, -0.15) is 0 Å². The van der Waals surface area contributed by atoms with Crippen LogP contribution in [0.5, 0.6) is 0 Å². The largest absolute Gasteiger partial charge is 0.373 e. The Labute approximate surface area is 130 Å². The van der Waals surface area contributed by atoms with Gasteiger partial charge in [0, 0.05) is 31.6 Å². The predicted molar refractivity (Wildman–Crippen MR) is 86.7 cm³/mol. The molecule has 2 fully saturated rings. The Morgan fingerprint density at radius 3 is 2.33 bits per heavy atom. The number of rotatable bonds is 4. The van der Waals surface area contributed by atoms with Gasteiger partial charge in [0.25, 0.3) is 0 Å². The summed E-state index contributed by atoms with van der Waals surface area (Å²) in [6.45, 7) is 20.4. The van der Waals surface area contributed by atoms with Gasteiger partial charge in [-0.1, -0.05) is 6.92 Å². The molecule has 1 N–H and O–H groups in total. The Kier molecular flexibility index (Phi) is 4.75. The summed E-state index contributed by atoms with van der Waals surface area (Å²) in [6.07, 6.45) is 0. The van der Waals surface area contributed by atoms with Crippen molar-refractivity contribution in [3.63, 3.8) is 0 Å². The van der Waals surface area contributed by atoms with Crippen LogP contribution in [0.15, 0.2) is 0 Å². The van der Waals surface area contributed by atoms with E-state index in [4.69, 9.17) is 9.47 Å². The monoisotopic (exact) mass is 298 g/mol. The molecule has 0 saturated carbocycles. The minimum atomic E-state index is -0.119. The average Bonchev–Trinajstić information content (AvgIpc) is 2.46. The summed E-state index contributed by atoms with van der Waals surface area (Å²) in [5.74, 6) is 0.487. The Hall–Kier alpha value is -0.160. The second-order valence-electron chi connectivity index (χ2n) is 8.29. The molecular weight excluding hydrogens is 264 g/mol. The van der Waals surface area contributed by atoms with Gasteiger partial charge in [-0.15, -0.1) is 0 Å². The van der Waals surface area contributed by atoms with Crippen LogP contribution in [-0.2, 0) is 9.47 Å². The van der Waals surface area contributed by atoms with Crippen LogP contribution in [0.3, 0.4) is 0 Å². The molecule has 4 heteroatoms. The van der Waals surface area contributed by atoms with Crippen LogP contribution in [0.4, 0.5) is 0 Å². The van der Waals surface area contributed by atoms with Gasteiger partial charge in [0.2, 0.25) is 0 Å². The van der Waals surface area contributed by atoms with Crippen molar-refractivity contribution in [2.75, 3.05) is 32.8 Å². The van der Waals surface area contributed by atoms with Crippen molar-refractivity contribution < 1.29 is 9.47 Å². The Bertz CT molecular complexity index is 366. The summed E-state index contributed by atoms with van der Waals surface area (Å²) < 4.78 is 12.2. The van der Waals surface area contributed by atoms with Crippen LogP contribution in [0.25, 0.3) is 0 Å². The third kappa shape index (κ3) is 3.79. The van der Waals surface area contributed by atoms with Crippen molar-refractivity contribution in [3.05, 3.63) is 0 Å². The Morgan fingerprint density at radius 1 is 1.10 bits per heavy atom. The van der Waals surface area contributed by atoms with Crippen molar-refractivity contribution in [2.45, 2.75) is 71.3 Å². The molecule has 21 heavy (non-hydrogen) atoms. The lowest BCUT2D eigenvalue weighted by Gasteiger charge is -2.41. The van der Waals surface area contributed by atoms with Gasteiger partial charge in [-0.25, -0.2) is 0 Å². The van der Waals surface area contributed by atoms with Gasteiger partial charge >= 0.3 is 0 Å². The number of nitrogens with zero attached hydrogens (tertiary/aromatic N) is 1. The highest BCUT2D eigenvalue weighted by atomic mass is 16.5. The molecule has 0 aliphatic carbocycles. The highest BCUT2D eigenvalue weighted by Gasteiger charge is 2.53. The molecule has 0 aromatic heterocycles. The molecule has 0 spiro atoms. The lowest BCUT2D eigenvalue weighted by atomic mass is 9.81. The van der Waals surface area contributed by atoms with Crippen LogP contribution in [-0.4, -0.2) is 60.5 Å². The normalized spacial score (nSPS) is 35.0. The van der Waals surface area contributed by atoms with E-state index in [2.05, 4.69) is 58.7 Å². The fourth-order valence-corrected chi connectivity index (χ4v) is 4.18. The second-order valence-corrected chi connectivity index (χ2v) is 8.29. The number of hydrogen-bond donors (Lipinski definition) is 1. The molecule has 124 valence electrons. The SMILES string of the molecule is CCNC1C(CN2CCOC(C)(C)C2)C(C)(C)OC1(C)C. The lowest BCUT2D eigenvalue weighted by Crippen LogP contribution is -2.55. The summed E-state index contributed by atoms with van der Waals surface area (Å²) in [4.78, 5) is 2.55. The minimum absolute atomic E-state index is 0.0367. The molecule has 2 rings (SSSR count). The summed E-state index contributed by atoms with van der Waals surface area (Å²) in [5.41, 5.74) is -0.254. The smallest absolute Gasteiger partial charge is 0.0790 e. The summed E-state index contributed by atoms with van der Waals surface area (Å²) in [7, 11) is 0. The Balaban J connectivity index is 2.11. The van der Waals surface area contributed by atoms with E-state index in [0.717, 1.165) is 32.8 Å². The van der Waals surface area contributed by atoms with Gasteiger partial charge in [-0.05, 0) is 48.1 Å². The molecule has 2 aliphatic rings. The van der Waals surface area contributed by atoms with Crippen molar-refractivity contribution in [1.29, 1.82) is 0 Å². The van der Waals surface area contributed by atoms with Crippen molar-refractivity contribution in [1.82, 2.24) is 10.2 Å². The maximum atomic E-state index is 6.39. The van der Waals surface area contributed by atoms with Gasteiger partial charge in [0.05, 0.1) is 23.4 Å². The van der Waals surface area contributed by atoms with Gasteiger partial charge in [0.15, 0.2) is 0 Å². The van der Waals surface area contributed by atoms with E-state index in [9.17, 15) is 0 Å². The standard InChI is InChI=1S/C17H34N2O2/c1-8-18-14-13(16(4,5)21-17(14,6)7)11-19-9-10-20-15(2,3)12-19/h13-14,18H,8-12H2,1-7H3. The zero-order chi connectivity index (χ0) is 15.9. The molecule has 0 amide bonds. The van der Waals surface area contributed by atoms with Crippen molar-refractivity contribution in [3.8, 4) is 0 Å². The number of nitrogens with one attached hydrogen (secondary N) is 1. The minimum Gasteiger partial charge on any atom is -0.373 e. The Morgan fingerprint density at radius 2 is 1.76 bits per heavy atom. The fourth-order valence-electron chi connectivity index (χ4n) is 4.18. The van der Waals surface area contributed by atoms with E-state index >= 15 is 0 Å². The highest BCUT2D eigenvalue weighted by Crippen LogP contribution is 2.42. The first kappa shape index (κ1) is 17.2. The number of ether oxygens (including phenoxy) is 2. The van der Waals surface area contributed by atoms with E-state index in [1.807, 2.05) is 0 Å². The highest BCUT2D eigenvalue weighted by molar-refractivity contribution is 5.06. The van der Waals surface area contributed by atoms with E-state index in [1.54, 1.807) is 0 Å². The van der Waals surface area contributed by atoms with Crippen LogP contribution in [0.2, 0.25) is 0 Å². The predicted octanol–water partition coefficient (Wildman–Crippen LogP) is 2.28. The number of morpholine rings is 1. The first-order valence-electron chi connectivity index (χ1n) is 8.37. The number of likely N-dealkylation sites (N-methyl/N-ethyl adjacent to an activating group) is 1. The van der Waals surface area contributed by atoms with E-state index in [0.29, 0.717) is 12.0 Å². The molecule has 2 unspecified atom stereocenters. The fraction of sp³-hybridized carbons (Fsp3) is 1.00. The molecule has 0 aromatic carbocycles. The molecule has 2 saturated heterocycles. The molecule has 2 aliphatic heterocycles. The van der Waals surface area contributed by atoms with Crippen LogP contribution >= 0.6 is 0 Å². The quantitative estimate of drug-likeness (QED) is 0.863. The topological polar surface area (TPSA) is 33.7 Å². The second kappa shape index (κ2) is 5.80. The van der Waals surface area contributed by atoms with Gasteiger partial charge in [-0.3, -0.25) is 4.90 Å². The summed E-state index contributed by atoms with van der Waals surface area (Å²) in [5, 5.41) is 3.67. The molecule has 4 nitrogen and oxygen atoms in total. The van der Waals surface area contributed by atoms with E-state index in [-0.39, 0.29) is 16.8 Å². The van der Waals surface area contributed by atoms with Crippen LogP contribution in [0.1, 0.15) is 48.5 Å². The lowest BCUT2D eigenvalue weighted by molar-refractivity contribution is -0.101. The van der Waals surface area contributed by atoms with Gasteiger partial charge in [0.1, 0.15) is 0 Å². The molecule has 0 radical (unpaired) electrons. The molecular formula is C17H34N2O2. The number of hydrogen-bond acceptors (Lipinski definition) is 4. The zero-order valence-electron chi connectivity index (χ0n) is 15.0. The molecule has 2 atom stereocenters. The first-order chi connectivity index (χ1) is 9.57. The molecule has 0 aromatic rings. The van der Waals surface area contributed by atoms with Crippen molar-refractivity contribution >= 4 is 0 Å². The van der Waals surface area contributed by atoms with E-state index in [1.165, 1.54) is 0 Å². The zero-order valence-corrected chi connectivity index (χ0v) is 15.0. The van der Waals surface area contributed by atoms with Crippen LogP contribution in [0, 0.1) is 5.92 Å². The maximum absolute atomic E-state index is 6.39. The van der Waals surface area contributed by atoms with Crippen LogP contribution < -0.4 is 5.32 Å². The molecule has 0 bridgehead atoms. The summed E-state index contributed by atoms with van der Waals surface area (Å²) >= 11 is 0. The molecule has 2 heterocycles. The van der Waals surface area contributed by atoms with E-state index < -0.39 is 0 Å². The maximum Gasteiger partial charge on any atom is 0.0790 e. The summed E-state index contributed by atoms with van der Waals surface area (Å²) in [6, 6.07) is 0.392.